The van der Waals surface area contributed by atoms with Gasteiger partial charge in [-0.05, 0) is 37.3 Å². The summed E-state index contributed by atoms with van der Waals surface area (Å²) in [6, 6.07) is 11.8. The third-order valence-corrected chi connectivity index (χ3v) is 4.68. The highest BCUT2D eigenvalue weighted by Gasteiger charge is 2.27. The number of carbonyl (C=O) groups is 1. The summed E-state index contributed by atoms with van der Waals surface area (Å²) in [5.74, 6) is 0. The Hall–Kier alpha value is -3.82. The van der Waals surface area contributed by atoms with Crippen LogP contribution in [0.4, 0.5) is 23.7 Å². The maximum atomic E-state index is 12.3. The molecule has 0 spiro atoms. The lowest BCUT2D eigenvalue weighted by atomic mass is 10.1. The van der Waals surface area contributed by atoms with Crippen LogP contribution >= 0.6 is 0 Å². The van der Waals surface area contributed by atoms with Crippen molar-refractivity contribution in [2.24, 2.45) is 7.05 Å². The van der Waals surface area contributed by atoms with E-state index in [1.54, 1.807) is 29.7 Å². The number of urea groups is 1. The van der Waals surface area contributed by atoms with Gasteiger partial charge >= 0.3 is 12.2 Å². The van der Waals surface area contributed by atoms with E-state index in [2.05, 4.69) is 15.4 Å². The van der Waals surface area contributed by atoms with Crippen LogP contribution in [-0.4, -0.2) is 37.9 Å². The average Bonchev–Trinajstić information content (AvgIpc) is 3.28. The van der Waals surface area contributed by atoms with Gasteiger partial charge in [0.05, 0.1) is 23.3 Å². The van der Waals surface area contributed by atoms with E-state index < -0.39 is 18.8 Å². The van der Waals surface area contributed by atoms with Crippen molar-refractivity contribution >= 4 is 17.4 Å². The lowest BCUT2D eigenvalue weighted by molar-refractivity contribution is -0.122. The van der Waals surface area contributed by atoms with Gasteiger partial charge < -0.3 is 10.6 Å². The molecule has 0 fully saturated rings. The van der Waals surface area contributed by atoms with E-state index in [9.17, 15) is 18.0 Å². The number of pyridine rings is 1. The molecule has 3 aromatic heterocycles. The zero-order chi connectivity index (χ0) is 22.2. The zero-order valence-corrected chi connectivity index (χ0v) is 16.7. The summed E-state index contributed by atoms with van der Waals surface area (Å²) in [6.45, 7) is 0.532. The number of aryl methyl sites for hydroxylation is 2. The number of carbonyl (C=O) groups excluding carboxylic acids is 1. The van der Waals surface area contributed by atoms with Gasteiger partial charge in [-0.25, -0.2) is 9.78 Å². The first-order valence-electron chi connectivity index (χ1n) is 9.40. The third kappa shape index (κ3) is 4.52. The van der Waals surface area contributed by atoms with Gasteiger partial charge in [0.1, 0.15) is 12.2 Å². The second kappa shape index (κ2) is 7.78. The number of rotatable bonds is 4. The molecular formula is C21H19F3N6O. The van der Waals surface area contributed by atoms with Crippen molar-refractivity contribution in [2.45, 2.75) is 13.1 Å². The molecule has 2 amide bonds. The van der Waals surface area contributed by atoms with Crippen LogP contribution in [0.15, 0.2) is 54.9 Å². The molecular weight excluding hydrogens is 409 g/mol. The lowest BCUT2D eigenvalue weighted by Gasteiger charge is -2.11. The second-order valence-corrected chi connectivity index (χ2v) is 7.09. The number of halogens is 3. The van der Waals surface area contributed by atoms with Crippen LogP contribution in [0.3, 0.4) is 0 Å². The van der Waals surface area contributed by atoms with Gasteiger partial charge in [0.2, 0.25) is 0 Å². The summed E-state index contributed by atoms with van der Waals surface area (Å²) in [7, 11) is 1.88. The van der Waals surface area contributed by atoms with Gasteiger partial charge in [0.15, 0.2) is 0 Å². The Morgan fingerprint density at radius 3 is 2.58 bits per heavy atom. The Balaban J connectivity index is 1.58. The van der Waals surface area contributed by atoms with Crippen molar-refractivity contribution in [1.29, 1.82) is 0 Å². The van der Waals surface area contributed by atoms with E-state index in [4.69, 9.17) is 0 Å². The molecule has 0 saturated carbocycles. The van der Waals surface area contributed by atoms with Crippen LogP contribution in [0, 0.1) is 6.92 Å². The predicted molar refractivity (Wildman–Crippen MR) is 111 cm³/mol. The fourth-order valence-corrected chi connectivity index (χ4v) is 3.35. The number of fused-ring (bicyclic) bond motifs is 1. The fourth-order valence-electron chi connectivity index (χ4n) is 3.35. The van der Waals surface area contributed by atoms with Crippen LogP contribution in [-0.2, 0) is 7.05 Å². The number of nitrogens with zero attached hydrogens (tertiary/aromatic N) is 4. The van der Waals surface area contributed by atoms with Gasteiger partial charge in [-0.15, -0.1) is 0 Å². The van der Waals surface area contributed by atoms with Crippen molar-refractivity contribution in [3.05, 3.63) is 60.6 Å². The van der Waals surface area contributed by atoms with Crippen LogP contribution in [0.1, 0.15) is 5.69 Å². The number of amides is 2. The van der Waals surface area contributed by atoms with E-state index >= 15 is 0 Å². The highest BCUT2D eigenvalue weighted by Crippen LogP contribution is 2.27. The van der Waals surface area contributed by atoms with Crippen LogP contribution in [0.5, 0.6) is 0 Å². The maximum Gasteiger partial charge on any atom is 0.405 e. The number of aromatic nitrogens is 4. The number of nitrogens with one attached hydrogen (secondary N) is 2. The molecule has 0 aliphatic heterocycles. The quantitative estimate of drug-likeness (QED) is 0.506. The maximum absolute atomic E-state index is 12.3. The Morgan fingerprint density at radius 1 is 1.10 bits per heavy atom. The molecule has 4 aromatic rings. The molecule has 1 aromatic carbocycles. The van der Waals surface area contributed by atoms with Crippen LogP contribution in [0.2, 0.25) is 0 Å². The van der Waals surface area contributed by atoms with E-state index in [1.807, 2.05) is 53.5 Å². The molecule has 4 rings (SSSR count). The monoisotopic (exact) mass is 428 g/mol. The number of anilines is 1. The van der Waals surface area contributed by atoms with Gasteiger partial charge in [0, 0.05) is 30.1 Å². The van der Waals surface area contributed by atoms with Gasteiger partial charge in [0.25, 0.3) is 0 Å². The second-order valence-electron chi connectivity index (χ2n) is 7.09. The van der Waals surface area contributed by atoms with Gasteiger partial charge in [-0.1, -0.05) is 12.1 Å². The summed E-state index contributed by atoms with van der Waals surface area (Å²) < 4.78 is 40.5. The van der Waals surface area contributed by atoms with Gasteiger partial charge in [-0.2, -0.15) is 18.3 Å². The standard InChI is InChI=1S/C21H19F3N6O/c1-13-8-17(29(2)28-13)15-6-7-30-18(11-25-19(30)10-15)14-4-3-5-16(9-14)27-20(31)26-12-21(22,23)24/h3-11H,12H2,1-2H3,(H2,26,27,31). The minimum atomic E-state index is -4.47. The van der Waals surface area contributed by atoms with Crippen molar-refractivity contribution < 1.29 is 18.0 Å². The molecule has 0 atom stereocenters. The predicted octanol–water partition coefficient (Wildman–Crippen LogP) is 4.39. The summed E-state index contributed by atoms with van der Waals surface area (Å²) in [6.07, 6.45) is -0.870. The number of hydrogen-bond donors (Lipinski definition) is 2. The summed E-state index contributed by atoms with van der Waals surface area (Å²) >= 11 is 0. The van der Waals surface area contributed by atoms with Crippen LogP contribution < -0.4 is 10.6 Å². The zero-order valence-electron chi connectivity index (χ0n) is 16.7. The molecule has 0 aliphatic rings. The molecule has 2 N–H and O–H groups in total. The molecule has 0 saturated heterocycles. The number of benzene rings is 1. The highest BCUT2D eigenvalue weighted by molar-refractivity contribution is 5.90. The Morgan fingerprint density at radius 2 is 1.87 bits per heavy atom. The minimum absolute atomic E-state index is 0.370. The van der Waals surface area contributed by atoms with Gasteiger partial charge in [-0.3, -0.25) is 9.08 Å². The number of imidazole rings is 1. The SMILES string of the molecule is Cc1cc(-c2ccn3c(-c4cccc(NC(=O)NCC(F)(F)F)c4)cnc3c2)n(C)n1. The molecule has 10 heteroatoms. The van der Waals surface area contributed by atoms with E-state index in [-0.39, 0.29) is 0 Å². The Kier molecular flexibility index (Phi) is 5.14. The first-order valence-corrected chi connectivity index (χ1v) is 9.40. The Labute approximate surface area is 175 Å². The average molecular weight is 428 g/mol. The molecule has 3 heterocycles. The molecule has 0 aliphatic carbocycles. The number of hydrogen-bond acceptors (Lipinski definition) is 3. The summed E-state index contributed by atoms with van der Waals surface area (Å²) in [4.78, 5) is 16.2. The van der Waals surface area contributed by atoms with Crippen molar-refractivity contribution in [2.75, 3.05) is 11.9 Å². The normalized spacial score (nSPS) is 11.6. The molecule has 31 heavy (non-hydrogen) atoms. The first kappa shape index (κ1) is 20.5. The largest absolute Gasteiger partial charge is 0.405 e. The summed E-state index contributed by atoms with van der Waals surface area (Å²) in [5, 5.41) is 8.57. The Bertz CT molecular complexity index is 1260. The minimum Gasteiger partial charge on any atom is -0.329 e. The fraction of sp³-hybridized carbons (Fsp3) is 0.190. The summed E-state index contributed by atoms with van der Waals surface area (Å²) in [5.41, 5.74) is 5.50. The topological polar surface area (TPSA) is 76.2 Å². The van der Waals surface area contributed by atoms with E-state index in [0.717, 1.165) is 33.9 Å². The first-order chi connectivity index (χ1) is 14.7. The van der Waals surface area contributed by atoms with Crippen molar-refractivity contribution in [3.8, 4) is 22.5 Å². The third-order valence-electron chi connectivity index (χ3n) is 4.68. The van der Waals surface area contributed by atoms with Crippen LogP contribution in [0.25, 0.3) is 28.2 Å². The molecule has 7 nitrogen and oxygen atoms in total. The van der Waals surface area contributed by atoms with Crippen molar-refractivity contribution in [3.63, 3.8) is 0 Å². The number of alkyl halides is 3. The molecule has 0 radical (unpaired) electrons. The molecule has 0 bridgehead atoms. The molecule has 0 unspecified atom stereocenters. The highest BCUT2D eigenvalue weighted by atomic mass is 19.4. The van der Waals surface area contributed by atoms with E-state index in [1.165, 1.54) is 0 Å². The van der Waals surface area contributed by atoms with Crippen molar-refractivity contribution in [1.82, 2.24) is 24.5 Å². The van der Waals surface area contributed by atoms with E-state index in [0.29, 0.717) is 5.69 Å². The molecule has 160 valence electrons. The smallest absolute Gasteiger partial charge is 0.329 e. The lowest BCUT2D eigenvalue weighted by Crippen LogP contribution is -2.36.